The summed E-state index contributed by atoms with van der Waals surface area (Å²) in [5.41, 5.74) is 3.39. The Labute approximate surface area is 134 Å². The molecule has 0 spiro atoms. The zero-order valence-electron chi connectivity index (χ0n) is 12.7. The second-order valence-corrected chi connectivity index (χ2v) is 5.43. The molecule has 0 radical (unpaired) electrons. The summed E-state index contributed by atoms with van der Waals surface area (Å²) in [4.78, 5) is 8.96. The number of aliphatic imine (C=N–C) groups is 1. The highest BCUT2D eigenvalue weighted by atomic mass is 16.5. The van der Waals surface area contributed by atoms with Crippen LogP contribution in [-0.2, 0) is 0 Å². The zero-order valence-corrected chi connectivity index (χ0v) is 12.7. The molecular formula is C19H15N3O. The predicted octanol–water partition coefficient (Wildman–Crippen LogP) is 4.59. The molecule has 3 aromatic rings. The summed E-state index contributed by atoms with van der Waals surface area (Å²) in [5.74, 6) is 0.956. The fraction of sp³-hybridized carbons (Fsp3) is 0.0526. The Morgan fingerprint density at radius 3 is 2.74 bits per heavy atom. The standard InChI is InChI=1S/C19H15N3O/c1-12-7-3-6-10-16(12)22-18-13(2)21-17-15-9-5-4-8-14(15)11-20-19(17)23-18/h3-11,21H,2H2,1H3. The molecule has 4 heteroatoms. The minimum absolute atomic E-state index is 0.439. The van der Waals surface area contributed by atoms with Crippen molar-refractivity contribution < 1.29 is 4.74 Å². The molecule has 4 nitrogen and oxygen atoms in total. The average molecular weight is 301 g/mol. The fourth-order valence-corrected chi connectivity index (χ4v) is 2.59. The van der Waals surface area contributed by atoms with Crippen molar-refractivity contribution in [3.8, 4) is 5.88 Å². The second kappa shape index (κ2) is 5.25. The quantitative estimate of drug-likeness (QED) is 0.715. The van der Waals surface area contributed by atoms with Gasteiger partial charge in [0, 0.05) is 17.0 Å². The molecule has 0 saturated carbocycles. The highest BCUT2D eigenvalue weighted by Crippen LogP contribution is 2.35. The van der Waals surface area contributed by atoms with Gasteiger partial charge in [-0.3, -0.25) is 0 Å². The number of hydrogen-bond acceptors (Lipinski definition) is 4. The molecule has 1 aliphatic heterocycles. The van der Waals surface area contributed by atoms with Gasteiger partial charge in [-0.15, -0.1) is 0 Å². The van der Waals surface area contributed by atoms with E-state index in [4.69, 9.17) is 4.74 Å². The van der Waals surface area contributed by atoms with Gasteiger partial charge >= 0.3 is 0 Å². The molecule has 2 aromatic carbocycles. The molecule has 0 atom stereocenters. The van der Waals surface area contributed by atoms with E-state index in [9.17, 15) is 0 Å². The van der Waals surface area contributed by atoms with Gasteiger partial charge in [-0.2, -0.15) is 0 Å². The Kier molecular flexibility index (Phi) is 3.08. The van der Waals surface area contributed by atoms with E-state index in [1.165, 1.54) is 0 Å². The smallest absolute Gasteiger partial charge is 0.245 e. The largest absolute Gasteiger partial charge is 0.416 e. The third-order valence-electron chi connectivity index (χ3n) is 3.83. The molecule has 4 rings (SSSR count). The Bertz CT molecular complexity index is 960. The summed E-state index contributed by atoms with van der Waals surface area (Å²) in [7, 11) is 0. The van der Waals surface area contributed by atoms with Crippen LogP contribution in [0.25, 0.3) is 10.8 Å². The lowest BCUT2D eigenvalue weighted by molar-refractivity contribution is 0.525. The van der Waals surface area contributed by atoms with Crippen LogP contribution in [0.3, 0.4) is 0 Å². The molecule has 1 aliphatic rings. The number of rotatable bonds is 1. The molecule has 23 heavy (non-hydrogen) atoms. The summed E-state index contributed by atoms with van der Waals surface area (Å²) in [6.45, 7) is 6.04. The lowest BCUT2D eigenvalue weighted by Gasteiger charge is -2.22. The Morgan fingerprint density at radius 2 is 1.87 bits per heavy atom. The average Bonchev–Trinajstić information content (AvgIpc) is 2.57. The number of aromatic nitrogens is 1. The molecule has 1 N–H and O–H groups in total. The van der Waals surface area contributed by atoms with Gasteiger partial charge in [0.2, 0.25) is 11.8 Å². The molecule has 112 valence electrons. The molecule has 0 aliphatic carbocycles. The van der Waals surface area contributed by atoms with Crippen LogP contribution in [0.1, 0.15) is 5.56 Å². The highest BCUT2D eigenvalue weighted by molar-refractivity contribution is 6.07. The van der Waals surface area contributed by atoms with E-state index in [0.29, 0.717) is 17.5 Å². The minimum atomic E-state index is 0.439. The van der Waals surface area contributed by atoms with Crippen molar-refractivity contribution in [1.29, 1.82) is 0 Å². The molecular weight excluding hydrogens is 286 g/mol. The van der Waals surface area contributed by atoms with Gasteiger partial charge in [0.15, 0.2) is 0 Å². The maximum absolute atomic E-state index is 5.89. The summed E-state index contributed by atoms with van der Waals surface area (Å²) in [6.07, 6.45) is 1.80. The normalized spacial score (nSPS) is 15.2. The number of fused-ring (bicyclic) bond motifs is 3. The number of hydrogen-bond donors (Lipinski definition) is 1. The first-order valence-corrected chi connectivity index (χ1v) is 7.38. The van der Waals surface area contributed by atoms with E-state index in [1.807, 2.05) is 55.5 Å². The summed E-state index contributed by atoms with van der Waals surface area (Å²) in [6, 6.07) is 15.9. The van der Waals surface area contributed by atoms with E-state index in [1.54, 1.807) is 6.20 Å². The van der Waals surface area contributed by atoms with Crippen molar-refractivity contribution in [2.75, 3.05) is 5.32 Å². The summed E-state index contributed by atoms with van der Waals surface area (Å²) >= 11 is 0. The monoisotopic (exact) mass is 301 g/mol. The van der Waals surface area contributed by atoms with Crippen LogP contribution in [0, 0.1) is 6.92 Å². The lowest BCUT2D eigenvalue weighted by Crippen LogP contribution is -2.23. The summed E-state index contributed by atoms with van der Waals surface area (Å²) < 4.78 is 5.89. The first kappa shape index (κ1) is 13.5. The number of aryl methyl sites for hydroxylation is 1. The molecule has 0 saturated heterocycles. The van der Waals surface area contributed by atoms with Crippen molar-refractivity contribution in [2.24, 2.45) is 4.99 Å². The van der Waals surface area contributed by atoms with Crippen LogP contribution in [0.2, 0.25) is 0 Å². The molecule has 0 amide bonds. The number of benzene rings is 2. The first-order chi connectivity index (χ1) is 11.2. The molecule has 0 bridgehead atoms. The van der Waals surface area contributed by atoms with Crippen LogP contribution in [0.5, 0.6) is 5.88 Å². The molecule has 0 fully saturated rings. The van der Waals surface area contributed by atoms with Crippen molar-refractivity contribution in [3.63, 3.8) is 0 Å². The Hall–Kier alpha value is -3.14. The van der Waals surface area contributed by atoms with Gasteiger partial charge < -0.3 is 10.1 Å². The van der Waals surface area contributed by atoms with Crippen LogP contribution in [-0.4, -0.2) is 10.9 Å². The predicted molar refractivity (Wildman–Crippen MR) is 93.4 cm³/mol. The van der Waals surface area contributed by atoms with Crippen molar-refractivity contribution in [3.05, 3.63) is 72.6 Å². The van der Waals surface area contributed by atoms with Crippen molar-refractivity contribution in [1.82, 2.24) is 4.98 Å². The number of anilines is 1. The Morgan fingerprint density at radius 1 is 1.09 bits per heavy atom. The molecule has 1 aromatic heterocycles. The van der Waals surface area contributed by atoms with Gasteiger partial charge in [0.25, 0.3) is 0 Å². The van der Waals surface area contributed by atoms with E-state index in [-0.39, 0.29) is 0 Å². The minimum Gasteiger partial charge on any atom is -0.416 e. The van der Waals surface area contributed by atoms with Crippen LogP contribution < -0.4 is 10.1 Å². The van der Waals surface area contributed by atoms with Crippen LogP contribution >= 0.6 is 0 Å². The van der Waals surface area contributed by atoms with Crippen LogP contribution in [0.4, 0.5) is 11.4 Å². The number of ether oxygens (including phenoxy) is 1. The first-order valence-electron chi connectivity index (χ1n) is 7.38. The van der Waals surface area contributed by atoms with E-state index >= 15 is 0 Å². The summed E-state index contributed by atoms with van der Waals surface area (Å²) in [5, 5.41) is 5.38. The lowest BCUT2D eigenvalue weighted by atomic mass is 10.1. The molecule has 0 unspecified atom stereocenters. The van der Waals surface area contributed by atoms with Gasteiger partial charge in [-0.1, -0.05) is 49.0 Å². The highest BCUT2D eigenvalue weighted by Gasteiger charge is 2.22. The number of para-hydroxylation sites is 1. The number of pyridine rings is 1. The van der Waals surface area contributed by atoms with Crippen molar-refractivity contribution >= 4 is 28.0 Å². The number of nitrogens with zero attached hydrogens (tertiary/aromatic N) is 2. The zero-order chi connectivity index (χ0) is 15.8. The second-order valence-electron chi connectivity index (χ2n) is 5.43. The third-order valence-corrected chi connectivity index (χ3v) is 3.83. The van der Waals surface area contributed by atoms with Gasteiger partial charge in [0.05, 0.1) is 11.4 Å². The van der Waals surface area contributed by atoms with E-state index in [0.717, 1.165) is 27.7 Å². The van der Waals surface area contributed by atoms with Crippen LogP contribution in [0.15, 0.2) is 72.0 Å². The Balaban J connectivity index is 1.80. The SMILES string of the molecule is C=C1Nc2c(ncc3ccccc23)OC1=Nc1ccccc1C. The number of nitrogens with one attached hydrogen (secondary N) is 1. The van der Waals surface area contributed by atoms with Gasteiger partial charge in [0.1, 0.15) is 5.69 Å². The van der Waals surface area contributed by atoms with Gasteiger partial charge in [-0.05, 0) is 18.6 Å². The van der Waals surface area contributed by atoms with E-state index < -0.39 is 0 Å². The van der Waals surface area contributed by atoms with E-state index in [2.05, 4.69) is 21.9 Å². The maximum Gasteiger partial charge on any atom is 0.245 e. The fourth-order valence-electron chi connectivity index (χ4n) is 2.59. The van der Waals surface area contributed by atoms with Crippen molar-refractivity contribution in [2.45, 2.75) is 6.92 Å². The maximum atomic E-state index is 5.89. The molecule has 2 heterocycles. The third kappa shape index (κ3) is 2.34. The van der Waals surface area contributed by atoms with Gasteiger partial charge in [-0.25, -0.2) is 9.98 Å². The topological polar surface area (TPSA) is 46.5 Å².